The third-order valence-electron chi connectivity index (χ3n) is 3.28. The van der Waals surface area contributed by atoms with Crippen LogP contribution < -0.4 is 0 Å². The molecule has 0 bridgehead atoms. The highest BCUT2D eigenvalue weighted by Crippen LogP contribution is 2.34. The van der Waals surface area contributed by atoms with Crippen molar-refractivity contribution >= 4 is 5.91 Å². The molecule has 3 heteroatoms. The van der Waals surface area contributed by atoms with Crippen molar-refractivity contribution in [1.29, 1.82) is 0 Å². The summed E-state index contributed by atoms with van der Waals surface area (Å²) in [7, 11) is 1.70. The summed E-state index contributed by atoms with van der Waals surface area (Å²) < 4.78 is 5.30. The molecule has 0 unspecified atom stereocenters. The summed E-state index contributed by atoms with van der Waals surface area (Å²) >= 11 is 0. The van der Waals surface area contributed by atoms with Crippen molar-refractivity contribution in [2.24, 2.45) is 0 Å². The number of carbonyl (C=O) groups is 1. The predicted octanol–water partition coefficient (Wildman–Crippen LogP) is 1.60. The SMILES string of the molecule is C=CC(=O)N1CC(COC)(c2ccccc2)C1. The smallest absolute Gasteiger partial charge is 0.246 e. The van der Waals surface area contributed by atoms with E-state index in [1.165, 1.54) is 11.6 Å². The summed E-state index contributed by atoms with van der Waals surface area (Å²) in [5, 5.41) is 0. The quantitative estimate of drug-likeness (QED) is 0.737. The number of methoxy groups -OCH3 is 1. The summed E-state index contributed by atoms with van der Waals surface area (Å²) in [5.41, 5.74) is 1.18. The second-order valence-corrected chi connectivity index (χ2v) is 4.48. The van der Waals surface area contributed by atoms with Crippen molar-refractivity contribution in [2.75, 3.05) is 26.8 Å². The molecule has 1 aromatic carbocycles. The summed E-state index contributed by atoms with van der Waals surface area (Å²) in [6, 6.07) is 10.2. The molecule has 1 heterocycles. The van der Waals surface area contributed by atoms with Crippen molar-refractivity contribution in [1.82, 2.24) is 4.90 Å². The number of likely N-dealkylation sites (tertiary alicyclic amines) is 1. The normalized spacial score (nSPS) is 17.4. The van der Waals surface area contributed by atoms with Crippen LogP contribution in [0.15, 0.2) is 43.0 Å². The first-order chi connectivity index (χ1) is 8.22. The van der Waals surface area contributed by atoms with Crippen LogP contribution in [0.5, 0.6) is 0 Å². The van der Waals surface area contributed by atoms with Crippen LogP contribution in [0.2, 0.25) is 0 Å². The number of carbonyl (C=O) groups excluding carboxylic acids is 1. The molecule has 3 nitrogen and oxygen atoms in total. The van der Waals surface area contributed by atoms with Gasteiger partial charge in [0.2, 0.25) is 5.91 Å². The highest BCUT2D eigenvalue weighted by atomic mass is 16.5. The van der Waals surface area contributed by atoms with Gasteiger partial charge < -0.3 is 9.64 Å². The number of ether oxygens (including phenoxy) is 1. The Balaban J connectivity index is 2.15. The maximum Gasteiger partial charge on any atom is 0.246 e. The van der Waals surface area contributed by atoms with Gasteiger partial charge in [-0.1, -0.05) is 36.9 Å². The molecule has 1 aliphatic rings. The van der Waals surface area contributed by atoms with Gasteiger partial charge in [-0.3, -0.25) is 4.79 Å². The van der Waals surface area contributed by atoms with Crippen LogP contribution in [0.1, 0.15) is 5.56 Å². The molecule has 0 spiro atoms. The van der Waals surface area contributed by atoms with Crippen molar-refractivity contribution in [3.8, 4) is 0 Å². The number of nitrogens with zero attached hydrogens (tertiary/aromatic N) is 1. The van der Waals surface area contributed by atoms with Gasteiger partial charge in [0.1, 0.15) is 0 Å². The fourth-order valence-electron chi connectivity index (χ4n) is 2.39. The molecule has 0 radical (unpaired) electrons. The molecule has 1 amide bonds. The Labute approximate surface area is 102 Å². The van der Waals surface area contributed by atoms with E-state index in [9.17, 15) is 4.79 Å². The largest absolute Gasteiger partial charge is 0.384 e. The Hall–Kier alpha value is -1.61. The van der Waals surface area contributed by atoms with Gasteiger partial charge in [0.25, 0.3) is 0 Å². The minimum Gasteiger partial charge on any atom is -0.384 e. The minimum absolute atomic E-state index is 0.00680. The fraction of sp³-hybridized carbons (Fsp3) is 0.357. The molecular formula is C14H17NO2. The van der Waals surface area contributed by atoms with Gasteiger partial charge in [-0.05, 0) is 11.6 Å². The average Bonchev–Trinajstić information content (AvgIpc) is 2.33. The Morgan fingerprint density at radius 2 is 2.12 bits per heavy atom. The first kappa shape index (κ1) is 11.9. The number of amides is 1. The minimum atomic E-state index is -0.0469. The zero-order valence-electron chi connectivity index (χ0n) is 10.1. The van der Waals surface area contributed by atoms with Gasteiger partial charge in [-0.2, -0.15) is 0 Å². The standard InChI is InChI=1S/C14H17NO2/c1-3-13(16)15-9-14(10-15,11-17-2)12-7-5-4-6-8-12/h3-8H,1,9-11H2,2H3. The Kier molecular flexibility index (Phi) is 3.29. The van der Waals surface area contributed by atoms with Gasteiger partial charge in [-0.15, -0.1) is 0 Å². The van der Waals surface area contributed by atoms with E-state index in [-0.39, 0.29) is 11.3 Å². The molecule has 1 fully saturated rings. The van der Waals surface area contributed by atoms with E-state index in [0.717, 1.165) is 0 Å². The topological polar surface area (TPSA) is 29.5 Å². The average molecular weight is 231 g/mol. The Bertz CT molecular complexity index is 407. The van der Waals surface area contributed by atoms with Crippen molar-refractivity contribution in [2.45, 2.75) is 5.41 Å². The molecule has 0 aromatic heterocycles. The van der Waals surface area contributed by atoms with Crippen molar-refractivity contribution < 1.29 is 9.53 Å². The van der Waals surface area contributed by atoms with Crippen LogP contribution in [0.25, 0.3) is 0 Å². The molecule has 0 atom stereocenters. The molecule has 2 rings (SSSR count). The summed E-state index contributed by atoms with van der Waals surface area (Å²) in [5.74, 6) is -0.00680. The van der Waals surface area contributed by atoms with Gasteiger partial charge in [0, 0.05) is 20.2 Å². The summed E-state index contributed by atoms with van der Waals surface area (Å²) in [6.45, 7) is 5.55. The molecule has 1 aliphatic heterocycles. The lowest BCUT2D eigenvalue weighted by molar-refractivity contribution is -0.135. The van der Waals surface area contributed by atoms with Crippen LogP contribution >= 0.6 is 0 Å². The van der Waals surface area contributed by atoms with Gasteiger partial charge in [-0.25, -0.2) is 0 Å². The molecule has 90 valence electrons. The first-order valence-electron chi connectivity index (χ1n) is 5.68. The first-order valence-corrected chi connectivity index (χ1v) is 5.68. The van der Waals surface area contributed by atoms with E-state index in [1.807, 2.05) is 18.2 Å². The second-order valence-electron chi connectivity index (χ2n) is 4.48. The van der Waals surface area contributed by atoms with Crippen LogP contribution in [0.3, 0.4) is 0 Å². The number of benzene rings is 1. The number of hydrogen-bond donors (Lipinski definition) is 0. The Morgan fingerprint density at radius 1 is 1.47 bits per heavy atom. The van der Waals surface area contributed by atoms with E-state index in [4.69, 9.17) is 4.74 Å². The maximum absolute atomic E-state index is 11.5. The maximum atomic E-state index is 11.5. The lowest BCUT2D eigenvalue weighted by Crippen LogP contribution is -2.63. The number of rotatable bonds is 4. The van der Waals surface area contributed by atoms with E-state index in [2.05, 4.69) is 18.7 Å². The molecular weight excluding hydrogens is 214 g/mol. The van der Waals surface area contributed by atoms with E-state index in [0.29, 0.717) is 19.7 Å². The zero-order chi connectivity index (χ0) is 12.3. The predicted molar refractivity (Wildman–Crippen MR) is 66.8 cm³/mol. The molecule has 17 heavy (non-hydrogen) atoms. The summed E-state index contributed by atoms with van der Waals surface area (Å²) in [4.78, 5) is 13.3. The van der Waals surface area contributed by atoms with Crippen molar-refractivity contribution in [3.05, 3.63) is 48.6 Å². The lowest BCUT2D eigenvalue weighted by Gasteiger charge is -2.49. The zero-order valence-corrected chi connectivity index (χ0v) is 10.1. The highest BCUT2D eigenvalue weighted by Gasteiger charge is 2.45. The van der Waals surface area contributed by atoms with E-state index < -0.39 is 0 Å². The van der Waals surface area contributed by atoms with Crippen LogP contribution in [-0.2, 0) is 14.9 Å². The molecule has 0 N–H and O–H groups in total. The van der Waals surface area contributed by atoms with Gasteiger partial charge in [0.15, 0.2) is 0 Å². The van der Waals surface area contributed by atoms with Gasteiger partial charge >= 0.3 is 0 Å². The summed E-state index contributed by atoms with van der Waals surface area (Å²) in [6.07, 6.45) is 1.36. The van der Waals surface area contributed by atoms with E-state index in [1.54, 1.807) is 12.0 Å². The third-order valence-corrected chi connectivity index (χ3v) is 3.28. The van der Waals surface area contributed by atoms with Crippen LogP contribution in [-0.4, -0.2) is 37.6 Å². The fourth-order valence-corrected chi connectivity index (χ4v) is 2.39. The van der Waals surface area contributed by atoms with E-state index >= 15 is 0 Å². The molecule has 1 aromatic rings. The van der Waals surface area contributed by atoms with Crippen molar-refractivity contribution in [3.63, 3.8) is 0 Å². The monoisotopic (exact) mass is 231 g/mol. The molecule has 0 saturated carbocycles. The highest BCUT2D eigenvalue weighted by molar-refractivity contribution is 5.88. The molecule has 0 aliphatic carbocycles. The third kappa shape index (κ3) is 2.11. The van der Waals surface area contributed by atoms with Gasteiger partial charge in [0.05, 0.1) is 12.0 Å². The van der Waals surface area contributed by atoms with Crippen LogP contribution in [0, 0.1) is 0 Å². The lowest BCUT2D eigenvalue weighted by atomic mass is 9.74. The molecule has 1 saturated heterocycles. The second kappa shape index (κ2) is 4.72. The number of hydrogen-bond acceptors (Lipinski definition) is 2. The Morgan fingerprint density at radius 3 is 2.65 bits per heavy atom. The van der Waals surface area contributed by atoms with Crippen LogP contribution in [0.4, 0.5) is 0 Å².